The predicted molar refractivity (Wildman–Crippen MR) is 105 cm³/mol. The molecule has 0 fully saturated rings. The van der Waals surface area contributed by atoms with Crippen LogP contribution in [-0.2, 0) is 19.0 Å². The molecular formula is C22H24F6N2O2. The van der Waals surface area contributed by atoms with Crippen LogP contribution < -0.4 is 5.32 Å². The summed E-state index contributed by atoms with van der Waals surface area (Å²) in [6.45, 7) is 6.54. The Morgan fingerprint density at radius 3 is 2.19 bits per heavy atom. The first-order chi connectivity index (χ1) is 14.6. The first kappa shape index (κ1) is 25.6. The molecule has 2 N–H and O–H groups in total. The van der Waals surface area contributed by atoms with E-state index in [0.29, 0.717) is 18.2 Å². The minimum absolute atomic E-state index is 0.141. The minimum atomic E-state index is -4.76. The van der Waals surface area contributed by atoms with E-state index >= 15 is 0 Å². The van der Waals surface area contributed by atoms with Crippen molar-refractivity contribution in [2.45, 2.75) is 58.4 Å². The first-order valence-electron chi connectivity index (χ1n) is 9.79. The average molecular weight is 462 g/mol. The second-order valence-electron chi connectivity index (χ2n) is 8.70. The van der Waals surface area contributed by atoms with E-state index in [-0.39, 0.29) is 23.2 Å². The summed E-state index contributed by atoms with van der Waals surface area (Å²) < 4.78 is 79.9. The van der Waals surface area contributed by atoms with Gasteiger partial charge >= 0.3 is 6.18 Å². The molecule has 176 valence electrons. The van der Waals surface area contributed by atoms with Crippen LogP contribution in [0.25, 0.3) is 0 Å². The van der Waals surface area contributed by atoms with Crippen LogP contribution >= 0.6 is 0 Å². The molecule has 4 nitrogen and oxygen atoms in total. The molecule has 0 aliphatic carbocycles. The third-order valence-electron chi connectivity index (χ3n) is 4.69. The number of aliphatic hydroxyl groups is 1. The fraction of sp³-hybridized carbons (Fsp3) is 0.455. The molecule has 0 bridgehead atoms. The highest BCUT2D eigenvalue weighted by molar-refractivity contribution is 5.95. The van der Waals surface area contributed by atoms with Crippen molar-refractivity contribution in [1.29, 1.82) is 0 Å². The molecule has 1 aromatic carbocycles. The molecule has 1 aromatic heterocycles. The quantitative estimate of drug-likeness (QED) is 0.478. The van der Waals surface area contributed by atoms with Gasteiger partial charge in [-0.3, -0.25) is 4.79 Å². The molecule has 10 heteroatoms. The molecule has 2 atom stereocenters. The van der Waals surface area contributed by atoms with Crippen molar-refractivity contribution in [3.05, 3.63) is 64.2 Å². The van der Waals surface area contributed by atoms with Crippen molar-refractivity contribution in [3.63, 3.8) is 0 Å². The number of hydrogen-bond acceptors (Lipinski definition) is 3. The van der Waals surface area contributed by atoms with Gasteiger partial charge in [0.05, 0.1) is 17.4 Å². The monoisotopic (exact) mass is 462 g/mol. The highest BCUT2D eigenvalue weighted by Gasteiger charge is 2.34. The van der Waals surface area contributed by atoms with E-state index in [4.69, 9.17) is 0 Å². The molecule has 32 heavy (non-hydrogen) atoms. The van der Waals surface area contributed by atoms with E-state index < -0.39 is 59.2 Å². The van der Waals surface area contributed by atoms with Gasteiger partial charge in [-0.05, 0) is 56.9 Å². The van der Waals surface area contributed by atoms with E-state index in [1.54, 1.807) is 20.8 Å². The number of carbonyl (C=O) groups is 1. The van der Waals surface area contributed by atoms with Gasteiger partial charge in [0.2, 0.25) is 0 Å². The summed E-state index contributed by atoms with van der Waals surface area (Å²) in [5, 5.41) is 13.2. The zero-order valence-corrected chi connectivity index (χ0v) is 17.9. The Hall–Kier alpha value is -2.62. The number of halogens is 6. The number of carbonyl (C=O) groups excluding carboxylic acids is 1. The lowest BCUT2D eigenvalue weighted by Gasteiger charge is -2.23. The maximum Gasteiger partial charge on any atom is 0.433 e. The number of nitrogens with zero attached hydrogens (tertiary/aromatic N) is 1. The van der Waals surface area contributed by atoms with Gasteiger partial charge in [0.15, 0.2) is 11.6 Å². The summed E-state index contributed by atoms with van der Waals surface area (Å²) in [6, 6.07) is 2.71. The topological polar surface area (TPSA) is 62.2 Å². The minimum Gasteiger partial charge on any atom is -0.392 e. The Morgan fingerprint density at radius 2 is 1.62 bits per heavy atom. The fourth-order valence-corrected chi connectivity index (χ4v) is 3.03. The summed E-state index contributed by atoms with van der Waals surface area (Å²) in [4.78, 5) is 16.1. The van der Waals surface area contributed by atoms with Crippen molar-refractivity contribution in [2.75, 3.05) is 0 Å². The second kappa shape index (κ2) is 9.48. The van der Waals surface area contributed by atoms with Crippen LogP contribution in [0.2, 0.25) is 0 Å². The molecule has 0 unspecified atom stereocenters. The SMILES string of the molecule is C[C@H](Cc1cc(F)c(F)cc1F)[C@@H](O)Cc1nc(C(F)(F)F)ccc1C(=O)NC(C)(C)C. The highest BCUT2D eigenvalue weighted by Crippen LogP contribution is 2.29. The van der Waals surface area contributed by atoms with Crippen molar-refractivity contribution in [1.82, 2.24) is 10.3 Å². The third-order valence-corrected chi connectivity index (χ3v) is 4.69. The van der Waals surface area contributed by atoms with E-state index in [1.807, 2.05) is 0 Å². The van der Waals surface area contributed by atoms with Crippen LogP contribution in [-0.4, -0.2) is 27.6 Å². The number of hydrogen-bond donors (Lipinski definition) is 2. The van der Waals surface area contributed by atoms with Gasteiger partial charge in [-0.1, -0.05) is 6.92 Å². The van der Waals surface area contributed by atoms with Gasteiger partial charge in [0, 0.05) is 18.0 Å². The van der Waals surface area contributed by atoms with Crippen molar-refractivity contribution in [2.24, 2.45) is 5.92 Å². The number of pyridine rings is 1. The standard InChI is InChI=1S/C22H24F6N2O2/c1-11(7-12-8-15(24)16(25)9-14(12)23)18(31)10-17-13(20(32)30-21(2,3)4)5-6-19(29-17)22(26,27)28/h5-6,8-9,11,18,31H,7,10H2,1-4H3,(H,30,32)/t11-,18+/m1/s1. The Labute approximate surface area is 181 Å². The summed E-state index contributed by atoms with van der Waals surface area (Å²) in [5.41, 5.74) is -2.53. The van der Waals surface area contributed by atoms with Crippen LogP contribution in [0.5, 0.6) is 0 Å². The number of alkyl halides is 3. The number of aliphatic hydroxyl groups excluding tert-OH is 1. The molecular weight excluding hydrogens is 438 g/mol. The highest BCUT2D eigenvalue weighted by atomic mass is 19.4. The molecule has 0 radical (unpaired) electrons. The lowest BCUT2D eigenvalue weighted by Crippen LogP contribution is -2.41. The van der Waals surface area contributed by atoms with Crippen LogP contribution in [0.4, 0.5) is 26.3 Å². The van der Waals surface area contributed by atoms with E-state index in [0.717, 1.165) is 6.07 Å². The molecule has 1 heterocycles. The van der Waals surface area contributed by atoms with Gasteiger partial charge in [-0.25, -0.2) is 18.2 Å². The van der Waals surface area contributed by atoms with Crippen molar-refractivity contribution in [3.8, 4) is 0 Å². The molecule has 0 saturated carbocycles. The number of rotatable bonds is 6. The van der Waals surface area contributed by atoms with E-state index in [2.05, 4.69) is 10.3 Å². The lowest BCUT2D eigenvalue weighted by atomic mass is 9.91. The maximum atomic E-state index is 13.9. The normalized spacial score (nSPS) is 14.2. The van der Waals surface area contributed by atoms with Crippen molar-refractivity contribution >= 4 is 5.91 Å². The van der Waals surface area contributed by atoms with Gasteiger partial charge in [0.1, 0.15) is 11.5 Å². The third kappa shape index (κ3) is 6.69. The Bertz CT molecular complexity index is 986. The zero-order valence-electron chi connectivity index (χ0n) is 17.9. The van der Waals surface area contributed by atoms with E-state index in [1.165, 1.54) is 6.92 Å². The van der Waals surface area contributed by atoms with Crippen LogP contribution in [0.3, 0.4) is 0 Å². The van der Waals surface area contributed by atoms with Crippen LogP contribution in [0.1, 0.15) is 55.0 Å². The summed E-state index contributed by atoms with van der Waals surface area (Å²) in [6.07, 6.45) is -6.77. The first-order valence-corrected chi connectivity index (χ1v) is 9.79. The summed E-state index contributed by atoms with van der Waals surface area (Å²) in [7, 11) is 0. The maximum absolute atomic E-state index is 13.9. The molecule has 1 amide bonds. The Morgan fingerprint density at radius 1 is 1.03 bits per heavy atom. The Kier molecular flexibility index (Phi) is 7.59. The number of benzene rings is 1. The van der Waals surface area contributed by atoms with Crippen molar-refractivity contribution < 1.29 is 36.2 Å². The van der Waals surface area contributed by atoms with Gasteiger partial charge in [0.25, 0.3) is 5.91 Å². The number of nitrogens with one attached hydrogen (secondary N) is 1. The smallest absolute Gasteiger partial charge is 0.392 e. The molecule has 0 spiro atoms. The molecule has 0 aliphatic rings. The summed E-state index contributed by atoms with van der Waals surface area (Å²) >= 11 is 0. The number of amides is 1. The van der Waals surface area contributed by atoms with Gasteiger partial charge in [-0.2, -0.15) is 13.2 Å². The van der Waals surface area contributed by atoms with E-state index in [9.17, 15) is 36.2 Å². The van der Waals surface area contributed by atoms with Crippen LogP contribution in [0, 0.1) is 23.4 Å². The average Bonchev–Trinajstić information content (AvgIpc) is 2.63. The number of aromatic nitrogens is 1. The molecule has 0 aliphatic heterocycles. The lowest BCUT2D eigenvalue weighted by molar-refractivity contribution is -0.141. The Balaban J connectivity index is 2.32. The predicted octanol–water partition coefficient (Wildman–Crippen LogP) is 4.83. The molecule has 2 rings (SSSR count). The van der Waals surface area contributed by atoms with Gasteiger partial charge < -0.3 is 10.4 Å². The van der Waals surface area contributed by atoms with Crippen LogP contribution in [0.15, 0.2) is 24.3 Å². The summed E-state index contributed by atoms with van der Waals surface area (Å²) in [5.74, 6) is -5.07. The largest absolute Gasteiger partial charge is 0.433 e. The van der Waals surface area contributed by atoms with Gasteiger partial charge in [-0.15, -0.1) is 0 Å². The molecule has 0 saturated heterocycles. The fourth-order valence-electron chi connectivity index (χ4n) is 3.03. The second-order valence-corrected chi connectivity index (χ2v) is 8.70. The molecule has 2 aromatic rings. The zero-order chi connectivity index (χ0) is 24.4.